The van der Waals surface area contributed by atoms with Gasteiger partial charge in [0.15, 0.2) is 0 Å². The van der Waals surface area contributed by atoms with Crippen molar-refractivity contribution in [3.8, 4) is 0 Å². The second-order valence-corrected chi connectivity index (χ2v) is 5.19. The van der Waals surface area contributed by atoms with Crippen molar-refractivity contribution >= 4 is 17.3 Å². The smallest absolute Gasteiger partial charge is 0.256 e. The first-order chi connectivity index (χ1) is 9.99. The molecule has 0 radical (unpaired) electrons. The second-order valence-electron chi connectivity index (χ2n) is 5.19. The molecule has 0 bridgehead atoms. The number of carbonyl (C=O) groups is 1. The number of nitrogens with two attached hydrogens (primary N) is 1. The van der Waals surface area contributed by atoms with Crippen LogP contribution in [0.4, 0.5) is 11.4 Å². The fraction of sp³-hybridized carbons (Fsp3) is 0.250. The number of aromatic nitrogens is 1. The Morgan fingerprint density at radius 3 is 2.62 bits per heavy atom. The molecule has 5 heteroatoms. The van der Waals surface area contributed by atoms with Gasteiger partial charge in [0.25, 0.3) is 5.91 Å². The lowest BCUT2D eigenvalue weighted by atomic mass is 10.1. The molecule has 0 aliphatic carbocycles. The Bertz CT molecular complexity index is 625. The van der Waals surface area contributed by atoms with Crippen LogP contribution in [-0.2, 0) is 6.54 Å². The predicted molar refractivity (Wildman–Crippen MR) is 85.2 cm³/mol. The summed E-state index contributed by atoms with van der Waals surface area (Å²) in [7, 11) is 5.59. The zero-order valence-electron chi connectivity index (χ0n) is 12.6. The summed E-state index contributed by atoms with van der Waals surface area (Å²) < 4.78 is 0. The van der Waals surface area contributed by atoms with Gasteiger partial charge < -0.3 is 15.5 Å². The molecule has 2 rings (SSSR count). The molecule has 0 saturated carbocycles. The predicted octanol–water partition coefficient (Wildman–Crippen LogP) is 2.00. The Morgan fingerprint density at radius 2 is 2.00 bits per heavy atom. The highest BCUT2D eigenvalue weighted by molar-refractivity contribution is 6.00. The highest BCUT2D eigenvalue weighted by Gasteiger charge is 2.17. The van der Waals surface area contributed by atoms with Gasteiger partial charge in [-0.05, 0) is 29.8 Å². The summed E-state index contributed by atoms with van der Waals surface area (Å²) in [5.41, 5.74) is 8.85. The van der Waals surface area contributed by atoms with Gasteiger partial charge in [-0.15, -0.1) is 0 Å². The van der Waals surface area contributed by atoms with Crippen LogP contribution in [-0.4, -0.2) is 36.9 Å². The Kier molecular flexibility index (Phi) is 4.42. The van der Waals surface area contributed by atoms with E-state index in [0.717, 1.165) is 11.3 Å². The highest BCUT2D eigenvalue weighted by atomic mass is 16.2. The number of nitrogens with zero attached hydrogens (tertiary/aromatic N) is 3. The maximum absolute atomic E-state index is 12.6. The average molecular weight is 284 g/mol. The largest absolute Gasteiger partial charge is 0.399 e. The molecule has 5 nitrogen and oxygen atoms in total. The van der Waals surface area contributed by atoms with Gasteiger partial charge in [-0.3, -0.25) is 9.78 Å². The number of hydrogen-bond acceptors (Lipinski definition) is 4. The van der Waals surface area contributed by atoms with Crippen LogP contribution >= 0.6 is 0 Å². The van der Waals surface area contributed by atoms with E-state index < -0.39 is 0 Å². The summed E-state index contributed by atoms with van der Waals surface area (Å²) in [5.74, 6) is -0.0603. The minimum Gasteiger partial charge on any atom is -0.399 e. The number of anilines is 2. The number of rotatable bonds is 4. The van der Waals surface area contributed by atoms with Crippen LogP contribution in [0.15, 0.2) is 42.7 Å². The van der Waals surface area contributed by atoms with E-state index in [-0.39, 0.29) is 5.91 Å². The lowest BCUT2D eigenvalue weighted by Gasteiger charge is -2.22. The van der Waals surface area contributed by atoms with Gasteiger partial charge in [0.1, 0.15) is 0 Å². The molecule has 0 atom stereocenters. The zero-order chi connectivity index (χ0) is 15.4. The van der Waals surface area contributed by atoms with Gasteiger partial charge in [-0.25, -0.2) is 0 Å². The Morgan fingerprint density at radius 1 is 1.24 bits per heavy atom. The van der Waals surface area contributed by atoms with E-state index in [0.29, 0.717) is 17.8 Å². The molecule has 0 unspecified atom stereocenters. The molecule has 0 aliphatic rings. The van der Waals surface area contributed by atoms with Crippen molar-refractivity contribution in [2.45, 2.75) is 6.54 Å². The summed E-state index contributed by atoms with van der Waals surface area (Å²) in [4.78, 5) is 20.3. The van der Waals surface area contributed by atoms with Crippen molar-refractivity contribution in [3.05, 3.63) is 53.9 Å². The van der Waals surface area contributed by atoms with E-state index >= 15 is 0 Å². The van der Waals surface area contributed by atoms with Gasteiger partial charge in [0, 0.05) is 51.5 Å². The minimum absolute atomic E-state index is 0.0603. The zero-order valence-corrected chi connectivity index (χ0v) is 12.6. The number of amides is 1. The van der Waals surface area contributed by atoms with Crippen LogP contribution in [0, 0.1) is 0 Å². The summed E-state index contributed by atoms with van der Waals surface area (Å²) >= 11 is 0. The number of nitrogen functional groups attached to an aromatic ring is 1. The van der Waals surface area contributed by atoms with Gasteiger partial charge >= 0.3 is 0 Å². The van der Waals surface area contributed by atoms with Gasteiger partial charge in [0.05, 0.1) is 5.56 Å². The number of hydrogen-bond donors (Lipinski definition) is 1. The van der Waals surface area contributed by atoms with Gasteiger partial charge in [-0.1, -0.05) is 6.07 Å². The first kappa shape index (κ1) is 14.8. The molecule has 110 valence electrons. The van der Waals surface area contributed by atoms with Gasteiger partial charge in [0.2, 0.25) is 0 Å². The Labute approximate surface area is 125 Å². The SMILES string of the molecule is CN(Cc1cccnc1)C(=O)c1cc(N)ccc1N(C)C. The summed E-state index contributed by atoms with van der Waals surface area (Å²) in [6, 6.07) is 9.19. The lowest BCUT2D eigenvalue weighted by Crippen LogP contribution is -2.28. The standard InChI is InChI=1S/C16H20N4O/c1-19(2)15-7-6-13(17)9-14(15)16(21)20(3)11-12-5-4-8-18-10-12/h4-10H,11,17H2,1-3H3. The molecule has 2 aromatic rings. The molecule has 0 spiro atoms. The molecule has 1 amide bonds. The quantitative estimate of drug-likeness (QED) is 0.872. The van der Waals surface area contributed by atoms with E-state index in [9.17, 15) is 4.79 Å². The van der Waals surface area contributed by atoms with Crippen molar-refractivity contribution in [1.82, 2.24) is 9.88 Å². The summed E-state index contributed by atoms with van der Waals surface area (Å²) in [6.45, 7) is 0.508. The molecule has 1 aromatic heterocycles. The van der Waals surface area contributed by atoms with E-state index in [1.807, 2.05) is 37.2 Å². The maximum Gasteiger partial charge on any atom is 0.256 e. The molecule has 21 heavy (non-hydrogen) atoms. The van der Waals surface area contributed by atoms with Crippen LogP contribution in [0.1, 0.15) is 15.9 Å². The van der Waals surface area contributed by atoms with Crippen LogP contribution in [0.5, 0.6) is 0 Å². The van der Waals surface area contributed by atoms with Crippen LogP contribution in [0.3, 0.4) is 0 Å². The molecular formula is C16H20N4O. The highest BCUT2D eigenvalue weighted by Crippen LogP contribution is 2.23. The van der Waals surface area contributed by atoms with E-state index in [4.69, 9.17) is 5.73 Å². The fourth-order valence-corrected chi connectivity index (χ4v) is 2.16. The van der Waals surface area contributed by atoms with Crippen molar-refractivity contribution in [2.24, 2.45) is 0 Å². The molecular weight excluding hydrogens is 264 g/mol. The number of carbonyl (C=O) groups excluding carboxylic acids is 1. The Hall–Kier alpha value is -2.56. The monoisotopic (exact) mass is 284 g/mol. The third kappa shape index (κ3) is 3.51. The topological polar surface area (TPSA) is 62.5 Å². The van der Waals surface area contributed by atoms with Gasteiger partial charge in [-0.2, -0.15) is 0 Å². The minimum atomic E-state index is -0.0603. The van der Waals surface area contributed by atoms with Crippen LogP contribution < -0.4 is 10.6 Å². The fourth-order valence-electron chi connectivity index (χ4n) is 2.16. The molecule has 1 aromatic carbocycles. The van der Waals surface area contributed by atoms with E-state index in [1.165, 1.54) is 0 Å². The molecule has 2 N–H and O–H groups in total. The normalized spacial score (nSPS) is 10.2. The second kappa shape index (κ2) is 6.26. The number of pyridine rings is 1. The first-order valence-electron chi connectivity index (χ1n) is 6.70. The maximum atomic E-state index is 12.6. The summed E-state index contributed by atoms with van der Waals surface area (Å²) in [6.07, 6.45) is 3.48. The third-order valence-corrected chi connectivity index (χ3v) is 3.22. The van der Waals surface area contributed by atoms with E-state index in [2.05, 4.69) is 4.98 Å². The van der Waals surface area contributed by atoms with Crippen LogP contribution in [0.25, 0.3) is 0 Å². The molecule has 0 fully saturated rings. The lowest BCUT2D eigenvalue weighted by molar-refractivity contribution is 0.0785. The Balaban J connectivity index is 2.25. The van der Waals surface area contributed by atoms with Crippen molar-refractivity contribution in [2.75, 3.05) is 31.8 Å². The van der Waals surface area contributed by atoms with E-state index in [1.54, 1.807) is 36.5 Å². The van der Waals surface area contributed by atoms with Crippen molar-refractivity contribution in [1.29, 1.82) is 0 Å². The molecule has 0 saturated heterocycles. The average Bonchev–Trinajstić information content (AvgIpc) is 2.47. The van der Waals surface area contributed by atoms with Crippen LogP contribution in [0.2, 0.25) is 0 Å². The summed E-state index contributed by atoms with van der Waals surface area (Å²) in [5, 5.41) is 0. The van der Waals surface area contributed by atoms with Crippen molar-refractivity contribution in [3.63, 3.8) is 0 Å². The van der Waals surface area contributed by atoms with Crippen molar-refractivity contribution < 1.29 is 4.79 Å². The molecule has 1 heterocycles. The number of benzene rings is 1. The first-order valence-corrected chi connectivity index (χ1v) is 6.70. The molecule has 0 aliphatic heterocycles. The third-order valence-electron chi connectivity index (χ3n) is 3.22.